The van der Waals surface area contributed by atoms with Crippen LogP contribution in [0.1, 0.15) is 39.3 Å². The van der Waals surface area contributed by atoms with Crippen LogP contribution in [0.4, 0.5) is 4.39 Å². The van der Waals surface area contributed by atoms with Gasteiger partial charge in [-0.2, -0.15) is 0 Å². The van der Waals surface area contributed by atoms with Gasteiger partial charge in [0.2, 0.25) is 0 Å². The highest BCUT2D eigenvalue weighted by atomic mass is 35.5. The summed E-state index contributed by atoms with van der Waals surface area (Å²) in [6.07, 6.45) is 4.07. The van der Waals surface area contributed by atoms with Crippen molar-refractivity contribution in [1.82, 2.24) is 15.5 Å². The Hall–Kier alpha value is -2.77. The number of hydrogen-bond donors (Lipinski definition) is 1. The molecule has 2 aromatic carbocycles. The smallest absolute Gasteiger partial charge is 0.254 e. The maximum atomic E-state index is 13.9. The number of hydrogen-bond acceptors (Lipinski definition) is 5. The number of aromatic nitrogens is 2. The summed E-state index contributed by atoms with van der Waals surface area (Å²) in [6.45, 7) is 8.63. The highest BCUT2D eigenvalue weighted by Crippen LogP contribution is 2.32. The van der Waals surface area contributed by atoms with E-state index in [9.17, 15) is 9.18 Å². The molecule has 32 heavy (non-hydrogen) atoms. The molecule has 0 spiro atoms. The summed E-state index contributed by atoms with van der Waals surface area (Å²) in [4.78, 5) is 12.1. The summed E-state index contributed by atoms with van der Waals surface area (Å²) in [5.74, 6) is -0.286. The number of carbonyl (C=O) groups is 1. The van der Waals surface area contributed by atoms with Crippen molar-refractivity contribution in [2.24, 2.45) is 0 Å². The van der Waals surface area contributed by atoms with Crippen LogP contribution in [-0.4, -0.2) is 29.3 Å². The van der Waals surface area contributed by atoms with Gasteiger partial charge in [-0.3, -0.25) is 4.79 Å². The molecular weight excluding hydrogens is 449 g/mol. The minimum Gasteiger partial charge on any atom is -0.489 e. The number of halogens is 2. The summed E-state index contributed by atoms with van der Waals surface area (Å²) in [5.41, 5.74) is 3.07. The third-order valence-electron chi connectivity index (χ3n) is 4.82. The lowest BCUT2D eigenvalue weighted by atomic mass is 10.1. The Labute approximate surface area is 196 Å². The van der Waals surface area contributed by atoms with E-state index in [0.717, 1.165) is 51.7 Å². The fraction of sp³-hybridized carbons (Fsp3) is 0.292. The standard InChI is InChI=1S/C24H25ClFN3O2S/c1-4-12-31-22-15(2)13-17(14-16(22)3)24-29-28-20(32-24)10-5-6-11-27-23(30)18-8-7-9-19(25)21(18)26/h4,7-9,13-14H,1,5-6,10-12H2,2-3H3,(H,27,30). The highest BCUT2D eigenvalue weighted by molar-refractivity contribution is 7.14. The number of nitrogens with zero attached hydrogens (tertiary/aromatic N) is 2. The lowest BCUT2D eigenvalue weighted by Gasteiger charge is -2.11. The number of carbonyl (C=O) groups excluding carboxylic acids is 1. The molecule has 0 fully saturated rings. The third kappa shape index (κ3) is 5.93. The lowest BCUT2D eigenvalue weighted by molar-refractivity contribution is 0.0949. The summed E-state index contributed by atoms with van der Waals surface area (Å²) >= 11 is 7.29. The topological polar surface area (TPSA) is 64.1 Å². The van der Waals surface area contributed by atoms with Gasteiger partial charge < -0.3 is 10.1 Å². The number of nitrogens with one attached hydrogen (secondary N) is 1. The number of benzene rings is 2. The molecule has 0 saturated heterocycles. The van der Waals surface area contributed by atoms with Crippen molar-refractivity contribution in [2.75, 3.05) is 13.2 Å². The van der Waals surface area contributed by atoms with Crippen molar-refractivity contribution < 1.29 is 13.9 Å². The van der Waals surface area contributed by atoms with Gasteiger partial charge in [0.25, 0.3) is 5.91 Å². The van der Waals surface area contributed by atoms with Gasteiger partial charge in [0.1, 0.15) is 22.4 Å². The van der Waals surface area contributed by atoms with Gasteiger partial charge in [-0.15, -0.1) is 10.2 Å². The average Bonchev–Trinajstić information content (AvgIpc) is 3.23. The monoisotopic (exact) mass is 473 g/mol. The summed E-state index contributed by atoms with van der Waals surface area (Å²) < 4.78 is 19.6. The van der Waals surface area contributed by atoms with E-state index in [1.807, 2.05) is 13.8 Å². The zero-order chi connectivity index (χ0) is 23.1. The van der Waals surface area contributed by atoms with Gasteiger partial charge in [0.15, 0.2) is 5.82 Å². The molecular formula is C24H25ClFN3O2S. The summed E-state index contributed by atoms with van der Waals surface area (Å²) in [6, 6.07) is 8.50. The molecule has 5 nitrogen and oxygen atoms in total. The average molecular weight is 474 g/mol. The number of amides is 1. The first kappa shape index (κ1) is 23.9. The predicted molar refractivity (Wildman–Crippen MR) is 127 cm³/mol. The van der Waals surface area contributed by atoms with Crippen LogP contribution >= 0.6 is 22.9 Å². The minimum atomic E-state index is -0.696. The summed E-state index contributed by atoms with van der Waals surface area (Å²) in [5, 5.41) is 13.1. The largest absolute Gasteiger partial charge is 0.489 e. The van der Waals surface area contributed by atoms with Crippen LogP contribution in [0.25, 0.3) is 10.6 Å². The highest BCUT2D eigenvalue weighted by Gasteiger charge is 2.14. The number of unbranched alkanes of at least 4 members (excludes halogenated alkanes) is 1. The van der Waals surface area contributed by atoms with Gasteiger partial charge in [0.05, 0.1) is 10.6 Å². The molecule has 8 heteroatoms. The van der Waals surface area contributed by atoms with E-state index in [0.29, 0.717) is 13.2 Å². The molecule has 0 aliphatic carbocycles. The minimum absolute atomic E-state index is 0.0437. The second-order valence-corrected chi connectivity index (χ2v) is 8.82. The van der Waals surface area contributed by atoms with Gasteiger partial charge in [-0.25, -0.2) is 4.39 Å². The third-order valence-corrected chi connectivity index (χ3v) is 6.14. The van der Waals surface area contributed by atoms with Gasteiger partial charge in [0, 0.05) is 18.5 Å². The Balaban J connectivity index is 1.50. The molecule has 0 unspecified atom stereocenters. The van der Waals surface area contributed by atoms with Gasteiger partial charge >= 0.3 is 0 Å². The second kappa shape index (κ2) is 11.2. The second-order valence-electron chi connectivity index (χ2n) is 7.35. The van der Waals surface area contributed by atoms with Crippen LogP contribution in [-0.2, 0) is 6.42 Å². The van der Waals surface area contributed by atoms with Crippen LogP contribution in [0.2, 0.25) is 5.02 Å². The summed E-state index contributed by atoms with van der Waals surface area (Å²) in [7, 11) is 0. The van der Waals surface area contributed by atoms with E-state index < -0.39 is 11.7 Å². The van der Waals surface area contributed by atoms with Crippen molar-refractivity contribution in [3.63, 3.8) is 0 Å². The molecule has 1 heterocycles. The molecule has 0 atom stereocenters. The van der Waals surface area contributed by atoms with Gasteiger partial charge in [-0.1, -0.05) is 41.7 Å². The van der Waals surface area contributed by atoms with Crippen molar-refractivity contribution in [1.29, 1.82) is 0 Å². The lowest BCUT2D eigenvalue weighted by Crippen LogP contribution is -2.25. The molecule has 0 aliphatic heterocycles. The van der Waals surface area contributed by atoms with Crippen molar-refractivity contribution >= 4 is 28.8 Å². The molecule has 168 valence electrons. The van der Waals surface area contributed by atoms with Crippen LogP contribution in [0.5, 0.6) is 5.75 Å². The molecule has 3 aromatic rings. The van der Waals surface area contributed by atoms with Gasteiger partial charge in [-0.05, 0) is 62.1 Å². The van der Waals surface area contributed by atoms with E-state index >= 15 is 0 Å². The van der Waals surface area contributed by atoms with E-state index in [1.54, 1.807) is 23.5 Å². The van der Waals surface area contributed by atoms with E-state index in [-0.39, 0.29) is 10.6 Å². The van der Waals surface area contributed by atoms with Crippen molar-refractivity contribution in [2.45, 2.75) is 33.1 Å². The van der Waals surface area contributed by atoms with Crippen molar-refractivity contribution in [3.8, 4) is 16.3 Å². The normalized spacial score (nSPS) is 10.8. The molecule has 0 aliphatic rings. The Kier molecular flexibility index (Phi) is 8.36. The van der Waals surface area contributed by atoms with Crippen LogP contribution in [0.3, 0.4) is 0 Å². The number of ether oxygens (including phenoxy) is 1. The molecule has 0 bridgehead atoms. The Morgan fingerprint density at radius 3 is 2.72 bits per heavy atom. The van der Waals surface area contributed by atoms with E-state index in [1.165, 1.54) is 12.1 Å². The first-order chi connectivity index (χ1) is 15.4. The zero-order valence-electron chi connectivity index (χ0n) is 18.1. The SMILES string of the molecule is C=CCOc1c(C)cc(-c2nnc(CCCCNC(=O)c3cccc(Cl)c3F)s2)cc1C. The molecule has 1 N–H and O–H groups in total. The predicted octanol–water partition coefficient (Wildman–Crippen LogP) is 5.93. The fourth-order valence-corrected chi connectivity index (χ4v) is 4.34. The molecule has 1 aromatic heterocycles. The van der Waals surface area contributed by atoms with Crippen molar-refractivity contribution in [3.05, 3.63) is 75.5 Å². The first-order valence-electron chi connectivity index (χ1n) is 10.3. The Bertz CT molecular complexity index is 1090. The van der Waals surface area contributed by atoms with Crippen LogP contribution in [0.15, 0.2) is 43.0 Å². The Morgan fingerprint density at radius 1 is 1.25 bits per heavy atom. The fourth-order valence-electron chi connectivity index (χ4n) is 3.29. The molecule has 0 radical (unpaired) electrons. The zero-order valence-corrected chi connectivity index (χ0v) is 19.7. The molecule has 3 rings (SSSR count). The molecule has 0 saturated carbocycles. The van der Waals surface area contributed by atoms with E-state index in [2.05, 4.69) is 34.2 Å². The van der Waals surface area contributed by atoms with E-state index in [4.69, 9.17) is 16.3 Å². The Morgan fingerprint density at radius 2 is 2.00 bits per heavy atom. The van der Waals surface area contributed by atoms with Crippen LogP contribution < -0.4 is 10.1 Å². The maximum Gasteiger partial charge on any atom is 0.254 e. The molecule has 1 amide bonds. The first-order valence-corrected chi connectivity index (χ1v) is 11.5. The number of aryl methyl sites for hydroxylation is 3. The quantitative estimate of drug-likeness (QED) is 0.292. The number of rotatable bonds is 10. The maximum absolute atomic E-state index is 13.9. The van der Waals surface area contributed by atoms with Crippen LogP contribution in [0, 0.1) is 19.7 Å².